The van der Waals surface area contributed by atoms with Gasteiger partial charge in [0.25, 0.3) is 0 Å². The van der Waals surface area contributed by atoms with Crippen molar-refractivity contribution in [1.29, 1.82) is 0 Å². The zero-order valence-corrected chi connectivity index (χ0v) is 10.8. The Labute approximate surface area is 107 Å². The standard InChI is InChI=1S/C13H15BN2O2/c1-8-3-4-11(14)6-10(8)7-16-9(2)5-12(15-16)13(17)18/h3-6H,7,14H2,1-2H3,(H,17,18). The van der Waals surface area contributed by atoms with Gasteiger partial charge in [-0.25, -0.2) is 4.79 Å². The first-order valence-electron chi connectivity index (χ1n) is 5.81. The van der Waals surface area contributed by atoms with Crippen LogP contribution in [0.1, 0.15) is 27.3 Å². The number of hydrogen-bond acceptors (Lipinski definition) is 2. The van der Waals surface area contributed by atoms with E-state index < -0.39 is 5.97 Å². The summed E-state index contributed by atoms with van der Waals surface area (Å²) >= 11 is 0. The lowest BCUT2D eigenvalue weighted by Crippen LogP contribution is -2.10. The first-order valence-corrected chi connectivity index (χ1v) is 5.81. The van der Waals surface area contributed by atoms with Crippen LogP contribution in [0.5, 0.6) is 0 Å². The van der Waals surface area contributed by atoms with Gasteiger partial charge >= 0.3 is 5.97 Å². The van der Waals surface area contributed by atoms with Gasteiger partial charge in [-0.05, 0) is 31.0 Å². The Kier molecular flexibility index (Phi) is 3.23. The molecule has 0 saturated carbocycles. The molecule has 2 rings (SSSR count). The van der Waals surface area contributed by atoms with Crippen LogP contribution < -0.4 is 5.46 Å². The second-order valence-electron chi connectivity index (χ2n) is 4.56. The second-order valence-corrected chi connectivity index (χ2v) is 4.56. The van der Waals surface area contributed by atoms with Gasteiger partial charge in [0, 0.05) is 5.69 Å². The lowest BCUT2D eigenvalue weighted by Gasteiger charge is -2.09. The topological polar surface area (TPSA) is 55.1 Å². The van der Waals surface area contributed by atoms with E-state index in [1.165, 1.54) is 11.0 Å². The predicted molar refractivity (Wildman–Crippen MR) is 72.4 cm³/mol. The van der Waals surface area contributed by atoms with Crippen molar-refractivity contribution in [2.45, 2.75) is 20.4 Å². The molecule has 0 bridgehead atoms. The number of aromatic carboxylic acids is 1. The fourth-order valence-electron chi connectivity index (χ4n) is 1.91. The summed E-state index contributed by atoms with van der Waals surface area (Å²) in [7, 11) is 2.04. The van der Waals surface area contributed by atoms with Crippen LogP contribution in [0.25, 0.3) is 0 Å². The molecule has 0 saturated heterocycles. The van der Waals surface area contributed by atoms with E-state index in [4.69, 9.17) is 5.11 Å². The van der Waals surface area contributed by atoms with E-state index in [9.17, 15) is 4.79 Å². The van der Waals surface area contributed by atoms with Crippen LogP contribution in [-0.2, 0) is 6.54 Å². The smallest absolute Gasteiger partial charge is 0.356 e. The molecule has 1 N–H and O–H groups in total. The Bertz CT molecular complexity index is 605. The molecule has 0 amide bonds. The number of nitrogens with zero attached hydrogens (tertiary/aromatic N) is 2. The van der Waals surface area contributed by atoms with Crippen molar-refractivity contribution in [1.82, 2.24) is 9.78 Å². The molecule has 18 heavy (non-hydrogen) atoms. The average Bonchev–Trinajstić information content (AvgIpc) is 2.66. The number of carboxylic acids is 1. The van der Waals surface area contributed by atoms with Crippen LogP contribution in [0.3, 0.4) is 0 Å². The summed E-state index contributed by atoms with van der Waals surface area (Å²) in [6.07, 6.45) is 0. The Morgan fingerprint density at radius 3 is 2.72 bits per heavy atom. The molecule has 4 nitrogen and oxygen atoms in total. The van der Waals surface area contributed by atoms with Gasteiger partial charge in [-0.1, -0.05) is 23.7 Å². The lowest BCUT2D eigenvalue weighted by molar-refractivity contribution is 0.0689. The molecule has 0 spiro atoms. The van der Waals surface area contributed by atoms with Gasteiger partial charge < -0.3 is 5.11 Å². The third-order valence-corrected chi connectivity index (χ3v) is 3.03. The van der Waals surface area contributed by atoms with Gasteiger partial charge in [0.05, 0.1) is 6.54 Å². The molecule has 2 aromatic rings. The molecule has 0 aliphatic heterocycles. The van der Waals surface area contributed by atoms with Crippen LogP contribution in [-0.4, -0.2) is 28.7 Å². The number of aromatic nitrogens is 2. The normalized spacial score (nSPS) is 10.6. The minimum atomic E-state index is -0.988. The summed E-state index contributed by atoms with van der Waals surface area (Å²) in [5, 5.41) is 13.0. The maximum absolute atomic E-state index is 10.9. The van der Waals surface area contributed by atoms with Gasteiger partial charge in [0.15, 0.2) is 5.69 Å². The quantitative estimate of drug-likeness (QED) is 0.797. The maximum atomic E-state index is 10.9. The summed E-state index contributed by atoms with van der Waals surface area (Å²) < 4.78 is 1.73. The highest BCUT2D eigenvalue weighted by molar-refractivity contribution is 6.32. The summed E-state index contributed by atoms with van der Waals surface area (Å²) in [5.74, 6) is -0.988. The molecule has 92 valence electrons. The largest absolute Gasteiger partial charge is 0.476 e. The number of carbonyl (C=O) groups is 1. The minimum Gasteiger partial charge on any atom is -0.476 e. The van der Waals surface area contributed by atoms with Crippen molar-refractivity contribution in [3.05, 3.63) is 46.8 Å². The molecule has 1 heterocycles. The lowest BCUT2D eigenvalue weighted by atomic mass is 9.92. The van der Waals surface area contributed by atoms with E-state index in [2.05, 4.69) is 23.3 Å². The van der Waals surface area contributed by atoms with E-state index in [1.54, 1.807) is 10.7 Å². The second kappa shape index (κ2) is 4.68. The van der Waals surface area contributed by atoms with E-state index >= 15 is 0 Å². The van der Waals surface area contributed by atoms with Crippen LogP contribution in [0.15, 0.2) is 24.3 Å². The molecule has 1 aromatic carbocycles. The fraction of sp³-hybridized carbons (Fsp3) is 0.231. The molecule has 5 heteroatoms. The number of aryl methyl sites for hydroxylation is 2. The monoisotopic (exact) mass is 242 g/mol. The number of benzene rings is 1. The van der Waals surface area contributed by atoms with E-state index in [1.807, 2.05) is 21.7 Å². The van der Waals surface area contributed by atoms with Crippen LogP contribution in [0, 0.1) is 13.8 Å². The molecule has 0 unspecified atom stereocenters. The highest BCUT2D eigenvalue weighted by Gasteiger charge is 2.11. The molecule has 0 fully saturated rings. The van der Waals surface area contributed by atoms with Gasteiger partial charge in [-0.3, -0.25) is 4.68 Å². The van der Waals surface area contributed by atoms with E-state index in [0.717, 1.165) is 11.3 Å². The van der Waals surface area contributed by atoms with Crippen molar-refractivity contribution >= 4 is 19.3 Å². The van der Waals surface area contributed by atoms with E-state index in [-0.39, 0.29) is 5.69 Å². The number of rotatable bonds is 3. The number of hydrogen-bond donors (Lipinski definition) is 1. The molecular weight excluding hydrogens is 227 g/mol. The summed E-state index contributed by atoms with van der Waals surface area (Å²) in [5.41, 5.74) is 4.50. The average molecular weight is 242 g/mol. The minimum absolute atomic E-state index is 0.0952. The van der Waals surface area contributed by atoms with Crippen molar-refractivity contribution in [2.75, 3.05) is 0 Å². The molecule has 0 aliphatic carbocycles. The SMILES string of the molecule is Bc1ccc(C)c(Cn2nc(C(=O)O)cc2C)c1. The zero-order valence-electron chi connectivity index (χ0n) is 10.8. The Morgan fingerprint density at radius 1 is 1.39 bits per heavy atom. The highest BCUT2D eigenvalue weighted by atomic mass is 16.4. The zero-order chi connectivity index (χ0) is 13.3. The Balaban J connectivity index is 2.34. The van der Waals surface area contributed by atoms with Crippen molar-refractivity contribution in [3.8, 4) is 0 Å². The Morgan fingerprint density at radius 2 is 2.11 bits per heavy atom. The molecular formula is C13H15BN2O2. The van der Waals surface area contributed by atoms with Gasteiger partial charge in [0.2, 0.25) is 0 Å². The van der Waals surface area contributed by atoms with Crippen LogP contribution in [0.4, 0.5) is 0 Å². The first kappa shape index (κ1) is 12.4. The summed E-state index contributed by atoms with van der Waals surface area (Å²) in [4.78, 5) is 10.9. The first-order chi connectivity index (χ1) is 8.47. The highest BCUT2D eigenvalue weighted by Crippen LogP contribution is 2.10. The molecule has 0 radical (unpaired) electrons. The molecule has 1 aromatic heterocycles. The Hall–Kier alpha value is -2.04. The summed E-state index contributed by atoms with van der Waals surface area (Å²) in [6, 6.07) is 7.84. The third-order valence-electron chi connectivity index (χ3n) is 3.03. The van der Waals surface area contributed by atoms with Crippen molar-refractivity contribution in [2.24, 2.45) is 0 Å². The van der Waals surface area contributed by atoms with Crippen LogP contribution >= 0.6 is 0 Å². The molecule has 0 atom stereocenters. The van der Waals surface area contributed by atoms with Gasteiger partial charge in [-0.15, -0.1) is 0 Å². The van der Waals surface area contributed by atoms with Gasteiger partial charge in [-0.2, -0.15) is 5.10 Å². The third kappa shape index (κ3) is 2.45. The number of carboxylic acid groups (broad SMARTS) is 1. The predicted octanol–water partition coefficient (Wildman–Crippen LogP) is 0.505. The van der Waals surface area contributed by atoms with Crippen LogP contribution in [0.2, 0.25) is 0 Å². The summed E-state index contributed by atoms with van der Waals surface area (Å²) in [6.45, 7) is 4.52. The van der Waals surface area contributed by atoms with Crippen molar-refractivity contribution in [3.63, 3.8) is 0 Å². The maximum Gasteiger partial charge on any atom is 0.356 e. The van der Waals surface area contributed by atoms with E-state index in [0.29, 0.717) is 6.54 Å². The fourth-order valence-corrected chi connectivity index (χ4v) is 1.91. The van der Waals surface area contributed by atoms with Gasteiger partial charge in [0.1, 0.15) is 7.85 Å². The van der Waals surface area contributed by atoms with Crippen molar-refractivity contribution < 1.29 is 9.90 Å². The molecule has 0 aliphatic rings.